The Morgan fingerprint density at radius 1 is 1.20 bits per heavy atom. The Bertz CT molecular complexity index is 451. The number of hydrogen-bond acceptors (Lipinski definition) is 3. The van der Waals surface area contributed by atoms with Gasteiger partial charge in [-0.05, 0) is 32.1 Å². The Morgan fingerprint density at radius 2 is 1.80 bits per heavy atom. The van der Waals surface area contributed by atoms with E-state index >= 15 is 0 Å². The van der Waals surface area contributed by atoms with Crippen molar-refractivity contribution in [2.45, 2.75) is 60.4 Å². The van der Waals surface area contributed by atoms with Crippen LogP contribution in [0.3, 0.4) is 0 Å². The van der Waals surface area contributed by atoms with E-state index in [4.69, 9.17) is 0 Å². The number of carbonyl (C=O) groups excluding carboxylic acids is 1. The minimum absolute atomic E-state index is 0.114. The lowest BCUT2D eigenvalue weighted by molar-refractivity contribution is 0.0732. The van der Waals surface area contributed by atoms with E-state index < -0.39 is 0 Å². The lowest BCUT2D eigenvalue weighted by atomic mass is 10.0. The molecule has 0 N–H and O–H groups in total. The minimum atomic E-state index is 0.114. The van der Waals surface area contributed by atoms with Gasteiger partial charge in [-0.15, -0.1) is 11.3 Å². The number of nitrogens with zero attached hydrogens (tertiary/aromatic N) is 2. The summed E-state index contributed by atoms with van der Waals surface area (Å²) in [5.74, 6) is 1.28. The summed E-state index contributed by atoms with van der Waals surface area (Å²) >= 11 is 1.56. The van der Waals surface area contributed by atoms with Crippen molar-refractivity contribution in [1.29, 1.82) is 0 Å². The van der Waals surface area contributed by atoms with Gasteiger partial charge in [-0.25, -0.2) is 4.98 Å². The second kappa shape index (κ2) is 7.21. The van der Waals surface area contributed by atoms with Crippen LogP contribution in [0.15, 0.2) is 0 Å². The Balaban J connectivity index is 2.83. The topological polar surface area (TPSA) is 33.2 Å². The van der Waals surface area contributed by atoms with E-state index in [1.165, 1.54) is 0 Å². The molecule has 0 aliphatic carbocycles. The highest BCUT2D eigenvalue weighted by molar-refractivity contribution is 7.13. The van der Waals surface area contributed by atoms with Crippen LogP contribution in [0.4, 0.5) is 0 Å². The molecule has 1 atom stereocenters. The van der Waals surface area contributed by atoms with E-state index in [2.05, 4.69) is 39.6 Å². The third kappa shape index (κ3) is 4.58. The predicted molar refractivity (Wildman–Crippen MR) is 86.4 cm³/mol. The van der Waals surface area contributed by atoms with E-state index in [1.807, 2.05) is 18.9 Å². The molecule has 1 aromatic heterocycles. The second-order valence-electron chi connectivity index (χ2n) is 6.51. The molecule has 1 amide bonds. The average Bonchev–Trinajstić information content (AvgIpc) is 2.66. The molecule has 0 saturated heterocycles. The Labute approximate surface area is 127 Å². The molecular weight excluding hydrogens is 268 g/mol. The van der Waals surface area contributed by atoms with Crippen LogP contribution < -0.4 is 0 Å². The number of carbonyl (C=O) groups is 1. The van der Waals surface area contributed by atoms with Crippen LogP contribution in [0.5, 0.6) is 0 Å². The lowest BCUT2D eigenvalue weighted by Gasteiger charge is -2.26. The largest absolute Gasteiger partial charge is 0.338 e. The molecule has 1 heterocycles. The molecule has 0 aliphatic heterocycles. The highest BCUT2D eigenvalue weighted by Crippen LogP contribution is 2.23. The number of rotatable bonds is 6. The van der Waals surface area contributed by atoms with Gasteiger partial charge in [-0.1, -0.05) is 27.7 Å². The zero-order chi connectivity index (χ0) is 15.4. The molecule has 0 spiro atoms. The summed E-state index contributed by atoms with van der Waals surface area (Å²) in [5, 5.41) is 1.07. The van der Waals surface area contributed by atoms with Crippen molar-refractivity contribution >= 4 is 17.2 Å². The van der Waals surface area contributed by atoms with Crippen molar-refractivity contribution in [2.24, 2.45) is 11.8 Å². The first-order valence-corrected chi connectivity index (χ1v) is 8.27. The molecule has 0 radical (unpaired) electrons. The SMILES string of the molecule is Cc1nc(CC(C)C)sc1C(=O)N(C)C(C)CC(C)C. The van der Waals surface area contributed by atoms with Crippen molar-refractivity contribution in [3.05, 3.63) is 15.6 Å². The molecule has 3 nitrogen and oxygen atoms in total. The zero-order valence-electron chi connectivity index (χ0n) is 13.9. The van der Waals surface area contributed by atoms with Gasteiger partial charge in [0.2, 0.25) is 0 Å². The van der Waals surface area contributed by atoms with Crippen molar-refractivity contribution in [2.75, 3.05) is 7.05 Å². The third-order valence-corrected chi connectivity index (χ3v) is 4.58. The van der Waals surface area contributed by atoms with Crippen LogP contribution in [-0.4, -0.2) is 28.9 Å². The fourth-order valence-corrected chi connectivity index (χ4v) is 3.55. The summed E-state index contributed by atoms with van der Waals surface area (Å²) in [7, 11) is 1.90. The Morgan fingerprint density at radius 3 is 2.30 bits per heavy atom. The van der Waals surface area contributed by atoms with Gasteiger partial charge in [-0.3, -0.25) is 4.79 Å². The van der Waals surface area contributed by atoms with Gasteiger partial charge in [0.15, 0.2) is 0 Å². The quantitative estimate of drug-likeness (QED) is 0.790. The summed E-state index contributed by atoms with van der Waals surface area (Å²) in [6, 6.07) is 0.262. The molecule has 1 aromatic rings. The van der Waals surface area contributed by atoms with E-state index in [0.717, 1.165) is 28.4 Å². The van der Waals surface area contributed by atoms with Gasteiger partial charge in [0.05, 0.1) is 10.7 Å². The fourth-order valence-electron chi connectivity index (χ4n) is 2.29. The number of thiazole rings is 1. The normalized spacial score (nSPS) is 13.1. The van der Waals surface area contributed by atoms with Crippen molar-refractivity contribution in [1.82, 2.24) is 9.88 Å². The predicted octanol–water partition coefficient (Wildman–Crippen LogP) is 4.16. The second-order valence-corrected chi connectivity index (χ2v) is 7.60. The molecule has 1 unspecified atom stereocenters. The van der Waals surface area contributed by atoms with Crippen molar-refractivity contribution in [3.8, 4) is 0 Å². The first-order chi connectivity index (χ1) is 9.22. The smallest absolute Gasteiger partial charge is 0.265 e. The summed E-state index contributed by atoms with van der Waals surface area (Å²) in [6.45, 7) is 12.8. The van der Waals surface area contributed by atoms with Gasteiger partial charge in [0, 0.05) is 19.5 Å². The number of aromatic nitrogens is 1. The Kier molecular flexibility index (Phi) is 6.18. The Hall–Kier alpha value is -0.900. The maximum absolute atomic E-state index is 12.6. The van der Waals surface area contributed by atoms with Crippen LogP contribution in [0.2, 0.25) is 0 Å². The first kappa shape index (κ1) is 17.2. The van der Waals surface area contributed by atoms with E-state index in [9.17, 15) is 4.79 Å². The van der Waals surface area contributed by atoms with Crippen LogP contribution in [0.25, 0.3) is 0 Å². The summed E-state index contributed by atoms with van der Waals surface area (Å²) in [4.78, 5) is 19.8. The molecule has 0 fully saturated rings. The zero-order valence-corrected chi connectivity index (χ0v) is 14.7. The van der Waals surface area contributed by atoms with Crippen LogP contribution in [-0.2, 0) is 6.42 Å². The maximum Gasteiger partial charge on any atom is 0.265 e. The van der Waals surface area contributed by atoms with Gasteiger partial charge in [0.1, 0.15) is 4.88 Å². The van der Waals surface area contributed by atoms with Gasteiger partial charge >= 0.3 is 0 Å². The summed E-state index contributed by atoms with van der Waals surface area (Å²) in [5.41, 5.74) is 0.874. The molecule has 1 rings (SSSR count). The molecule has 0 aromatic carbocycles. The lowest BCUT2D eigenvalue weighted by Crippen LogP contribution is -2.35. The molecule has 20 heavy (non-hydrogen) atoms. The van der Waals surface area contributed by atoms with Crippen LogP contribution >= 0.6 is 11.3 Å². The van der Waals surface area contributed by atoms with Gasteiger partial charge in [-0.2, -0.15) is 0 Å². The molecule has 4 heteroatoms. The molecule has 0 saturated carbocycles. The van der Waals surface area contributed by atoms with E-state index in [0.29, 0.717) is 11.8 Å². The highest BCUT2D eigenvalue weighted by atomic mass is 32.1. The first-order valence-electron chi connectivity index (χ1n) is 7.45. The number of aryl methyl sites for hydroxylation is 1. The van der Waals surface area contributed by atoms with Gasteiger partial charge < -0.3 is 4.90 Å². The number of hydrogen-bond donors (Lipinski definition) is 0. The van der Waals surface area contributed by atoms with Crippen LogP contribution in [0, 0.1) is 18.8 Å². The van der Waals surface area contributed by atoms with E-state index in [-0.39, 0.29) is 11.9 Å². The van der Waals surface area contributed by atoms with E-state index in [1.54, 1.807) is 11.3 Å². The van der Waals surface area contributed by atoms with Gasteiger partial charge in [0.25, 0.3) is 5.91 Å². The molecular formula is C16H28N2OS. The summed E-state index contributed by atoms with van der Waals surface area (Å²) in [6.07, 6.45) is 1.98. The summed E-state index contributed by atoms with van der Waals surface area (Å²) < 4.78 is 0. The van der Waals surface area contributed by atoms with Crippen LogP contribution in [0.1, 0.15) is 61.4 Å². The molecule has 0 aliphatic rings. The standard InChI is InChI=1S/C16H28N2OS/c1-10(2)8-12(5)18(7)16(19)15-13(6)17-14(20-15)9-11(3)4/h10-12H,8-9H2,1-7H3. The van der Waals surface area contributed by atoms with Crippen molar-refractivity contribution in [3.63, 3.8) is 0 Å². The fraction of sp³-hybridized carbons (Fsp3) is 0.750. The minimum Gasteiger partial charge on any atom is -0.338 e. The third-order valence-electron chi connectivity index (χ3n) is 3.41. The molecule has 0 bridgehead atoms. The maximum atomic E-state index is 12.6. The highest BCUT2D eigenvalue weighted by Gasteiger charge is 2.23. The average molecular weight is 296 g/mol. The van der Waals surface area contributed by atoms with Crippen molar-refractivity contribution < 1.29 is 4.79 Å². The molecule has 114 valence electrons. The monoisotopic (exact) mass is 296 g/mol. The number of amides is 1.